The zero-order chi connectivity index (χ0) is 26.9. The molecule has 1 fully saturated rings. The summed E-state index contributed by atoms with van der Waals surface area (Å²) in [7, 11) is 0. The van der Waals surface area contributed by atoms with Crippen LogP contribution in [0, 0.1) is 5.82 Å². The minimum atomic E-state index is -0.823. The molecule has 1 atom stereocenters. The predicted molar refractivity (Wildman–Crippen MR) is 148 cm³/mol. The van der Waals surface area contributed by atoms with Crippen LogP contribution < -0.4 is 10.1 Å². The number of nitrogens with one attached hydrogen (secondary N) is 1. The maximum absolute atomic E-state index is 13.8. The first kappa shape index (κ1) is 27.9. The second-order valence-electron chi connectivity index (χ2n) is 9.51. The van der Waals surface area contributed by atoms with Crippen LogP contribution in [0.3, 0.4) is 0 Å². The van der Waals surface area contributed by atoms with Gasteiger partial charge in [0.05, 0.1) is 0 Å². The zero-order valence-electron chi connectivity index (χ0n) is 21.0. The molecule has 3 aromatic carbocycles. The Balaban J connectivity index is 1.64. The average Bonchev–Trinajstić information content (AvgIpc) is 2.92. The van der Waals surface area contributed by atoms with Crippen LogP contribution in [0.25, 0.3) is 0 Å². The molecule has 4 rings (SSSR count). The second kappa shape index (κ2) is 13.6. The summed E-state index contributed by atoms with van der Waals surface area (Å²) in [5, 5.41) is 4.00. The number of amides is 2. The van der Waals surface area contributed by atoms with Gasteiger partial charge in [-0.25, -0.2) is 4.39 Å². The second-order valence-corrected chi connectivity index (χ2v) is 10.3. The molecule has 200 valence electrons. The number of halogens is 3. The molecule has 0 spiro atoms. The highest BCUT2D eigenvalue weighted by Crippen LogP contribution is 2.28. The van der Waals surface area contributed by atoms with Crippen LogP contribution in [-0.4, -0.2) is 35.4 Å². The van der Waals surface area contributed by atoms with E-state index in [1.54, 1.807) is 18.2 Å². The third kappa shape index (κ3) is 7.71. The molecule has 0 aliphatic heterocycles. The van der Waals surface area contributed by atoms with E-state index in [4.69, 9.17) is 27.9 Å². The van der Waals surface area contributed by atoms with E-state index in [-0.39, 0.29) is 25.1 Å². The van der Waals surface area contributed by atoms with Crippen LogP contribution in [0.4, 0.5) is 4.39 Å². The van der Waals surface area contributed by atoms with Gasteiger partial charge in [-0.3, -0.25) is 9.59 Å². The Hall–Kier alpha value is -3.09. The Bertz CT molecular complexity index is 1200. The Morgan fingerprint density at radius 3 is 2.24 bits per heavy atom. The van der Waals surface area contributed by atoms with Gasteiger partial charge in [-0.05, 0) is 54.8 Å². The van der Waals surface area contributed by atoms with Crippen molar-refractivity contribution in [3.8, 4) is 5.75 Å². The number of ether oxygens (including phenoxy) is 1. The highest BCUT2D eigenvalue weighted by atomic mass is 35.5. The zero-order valence-corrected chi connectivity index (χ0v) is 22.6. The topological polar surface area (TPSA) is 58.6 Å². The fourth-order valence-electron chi connectivity index (χ4n) is 4.71. The van der Waals surface area contributed by atoms with Gasteiger partial charge in [0.2, 0.25) is 5.91 Å². The molecule has 5 nitrogen and oxygen atoms in total. The van der Waals surface area contributed by atoms with Crippen LogP contribution in [-0.2, 0) is 22.6 Å². The minimum Gasteiger partial charge on any atom is -0.484 e. The van der Waals surface area contributed by atoms with Crippen molar-refractivity contribution >= 4 is 35.0 Å². The van der Waals surface area contributed by atoms with Crippen LogP contribution >= 0.6 is 23.2 Å². The minimum absolute atomic E-state index is 0.0275. The number of benzene rings is 3. The summed E-state index contributed by atoms with van der Waals surface area (Å²) in [4.78, 5) is 29.0. The molecule has 1 aliphatic rings. The quantitative estimate of drug-likeness (QED) is 0.306. The molecule has 0 saturated heterocycles. The number of nitrogens with zero attached hydrogens (tertiary/aromatic N) is 1. The molecule has 3 aromatic rings. The van der Waals surface area contributed by atoms with E-state index in [0.717, 1.165) is 37.7 Å². The van der Waals surface area contributed by atoms with E-state index in [1.807, 2.05) is 30.3 Å². The highest BCUT2D eigenvalue weighted by Gasteiger charge is 2.33. The molecule has 1 unspecified atom stereocenters. The molecular weight excluding hydrogens is 526 g/mol. The monoisotopic (exact) mass is 556 g/mol. The normalized spacial score (nSPS) is 14.5. The number of hydrogen-bond acceptors (Lipinski definition) is 3. The van der Waals surface area contributed by atoms with Crippen molar-refractivity contribution in [1.29, 1.82) is 0 Å². The van der Waals surface area contributed by atoms with Crippen LogP contribution in [0.1, 0.15) is 43.2 Å². The lowest BCUT2D eigenvalue weighted by Gasteiger charge is -2.33. The standard InChI is InChI=1S/C30H31Cl2FN2O3/c31-26-12-7-13-27(32)25(26)19-35(29(36)20-38-24-16-14-22(33)15-17-24)28(18-21-8-3-1-4-9-21)30(37)34-23-10-5-2-6-11-23/h1,3-4,7-9,12-17,23,28H,2,5-6,10-11,18-20H2,(H,34,37). The van der Waals surface area contributed by atoms with E-state index < -0.39 is 17.8 Å². The molecule has 0 bridgehead atoms. The fourth-order valence-corrected chi connectivity index (χ4v) is 5.23. The third-order valence-electron chi connectivity index (χ3n) is 6.79. The Morgan fingerprint density at radius 1 is 0.921 bits per heavy atom. The summed E-state index contributed by atoms with van der Waals surface area (Å²) >= 11 is 13.0. The first-order chi connectivity index (χ1) is 18.4. The molecule has 0 radical (unpaired) electrons. The van der Waals surface area contributed by atoms with Gasteiger partial charge in [0, 0.05) is 34.6 Å². The summed E-state index contributed by atoms with van der Waals surface area (Å²) in [6.45, 7) is -0.310. The number of carbonyl (C=O) groups is 2. The molecule has 0 aromatic heterocycles. The van der Waals surface area contributed by atoms with E-state index in [0.29, 0.717) is 27.8 Å². The summed E-state index contributed by atoms with van der Waals surface area (Å²) in [5.74, 6) is -0.688. The lowest BCUT2D eigenvalue weighted by Crippen LogP contribution is -2.53. The molecule has 1 aliphatic carbocycles. The highest BCUT2D eigenvalue weighted by molar-refractivity contribution is 6.36. The summed E-state index contributed by atoms with van der Waals surface area (Å²) in [6.07, 6.45) is 5.44. The largest absolute Gasteiger partial charge is 0.484 e. The van der Waals surface area contributed by atoms with E-state index in [2.05, 4.69) is 5.32 Å². The first-order valence-electron chi connectivity index (χ1n) is 12.9. The van der Waals surface area contributed by atoms with E-state index >= 15 is 0 Å². The Morgan fingerprint density at radius 2 is 1.58 bits per heavy atom. The van der Waals surface area contributed by atoms with Gasteiger partial charge in [-0.15, -0.1) is 0 Å². The van der Waals surface area contributed by atoms with Gasteiger partial charge in [0.15, 0.2) is 6.61 Å². The van der Waals surface area contributed by atoms with Gasteiger partial charge < -0.3 is 15.0 Å². The van der Waals surface area contributed by atoms with Crippen molar-refractivity contribution in [2.45, 2.75) is 57.2 Å². The molecule has 38 heavy (non-hydrogen) atoms. The van der Waals surface area contributed by atoms with Crippen molar-refractivity contribution in [1.82, 2.24) is 10.2 Å². The lowest BCUT2D eigenvalue weighted by atomic mass is 9.94. The van der Waals surface area contributed by atoms with Crippen molar-refractivity contribution in [3.05, 3.63) is 99.8 Å². The Kier molecular flexibility index (Phi) is 10.0. The molecule has 0 heterocycles. The molecule has 1 saturated carbocycles. The maximum atomic E-state index is 13.8. The summed E-state index contributed by atoms with van der Waals surface area (Å²) in [6, 6.07) is 19.4. The van der Waals surface area contributed by atoms with Crippen molar-refractivity contribution < 1.29 is 18.7 Å². The van der Waals surface area contributed by atoms with Gasteiger partial charge in [-0.2, -0.15) is 0 Å². The van der Waals surface area contributed by atoms with Gasteiger partial charge >= 0.3 is 0 Å². The molecule has 1 N–H and O–H groups in total. The van der Waals surface area contributed by atoms with E-state index in [1.165, 1.54) is 29.2 Å². The third-order valence-corrected chi connectivity index (χ3v) is 7.50. The number of rotatable bonds is 10. The molecule has 8 heteroatoms. The van der Waals surface area contributed by atoms with Crippen molar-refractivity contribution in [2.75, 3.05) is 6.61 Å². The molecular formula is C30H31Cl2FN2O3. The van der Waals surface area contributed by atoms with Crippen LogP contribution in [0.15, 0.2) is 72.8 Å². The number of hydrogen-bond donors (Lipinski definition) is 1. The lowest BCUT2D eigenvalue weighted by molar-refractivity contribution is -0.143. The maximum Gasteiger partial charge on any atom is 0.261 e. The van der Waals surface area contributed by atoms with E-state index in [9.17, 15) is 14.0 Å². The van der Waals surface area contributed by atoms with Crippen LogP contribution in [0.2, 0.25) is 10.0 Å². The van der Waals surface area contributed by atoms with Crippen LogP contribution in [0.5, 0.6) is 5.75 Å². The van der Waals surface area contributed by atoms with Crippen molar-refractivity contribution in [3.63, 3.8) is 0 Å². The van der Waals surface area contributed by atoms with Gasteiger partial charge in [0.25, 0.3) is 5.91 Å². The van der Waals surface area contributed by atoms with Crippen molar-refractivity contribution in [2.24, 2.45) is 0 Å². The van der Waals surface area contributed by atoms with Gasteiger partial charge in [0.1, 0.15) is 17.6 Å². The molecule has 2 amide bonds. The SMILES string of the molecule is O=C(NC1CCCCC1)C(Cc1ccccc1)N(Cc1c(Cl)cccc1Cl)C(=O)COc1ccc(F)cc1. The Labute approximate surface area is 232 Å². The predicted octanol–water partition coefficient (Wildman–Crippen LogP) is 6.60. The first-order valence-corrected chi connectivity index (χ1v) is 13.6. The smallest absolute Gasteiger partial charge is 0.261 e. The van der Waals surface area contributed by atoms with Gasteiger partial charge in [-0.1, -0.05) is 78.9 Å². The number of carbonyl (C=O) groups excluding carboxylic acids is 2. The summed E-state index contributed by atoms with van der Waals surface area (Å²) in [5.41, 5.74) is 1.47. The fraction of sp³-hybridized carbons (Fsp3) is 0.333. The average molecular weight is 557 g/mol. The summed E-state index contributed by atoms with van der Waals surface area (Å²) < 4.78 is 19.0.